The van der Waals surface area contributed by atoms with Crippen molar-refractivity contribution in [2.24, 2.45) is 5.10 Å². The molecule has 4 aromatic rings. The van der Waals surface area contributed by atoms with E-state index in [0.29, 0.717) is 24.7 Å². The molecular weight excluding hydrogens is 416 g/mol. The maximum absolute atomic E-state index is 12.5. The molecule has 0 heterocycles. The van der Waals surface area contributed by atoms with Gasteiger partial charge in [0.25, 0.3) is 5.91 Å². The predicted molar refractivity (Wildman–Crippen MR) is 129 cm³/mol. The van der Waals surface area contributed by atoms with E-state index in [0.717, 1.165) is 21.9 Å². The number of carbonyl (C=O) groups excluding carboxylic acids is 1. The SMILES string of the molecule is CCOc1cc(/C=N\NC(=O)c2cc3ccccc3cc2O)ccc1OCc1ccccc1. The van der Waals surface area contributed by atoms with E-state index in [1.165, 1.54) is 6.21 Å². The number of benzene rings is 4. The Labute approximate surface area is 192 Å². The fourth-order valence-electron chi connectivity index (χ4n) is 3.36. The van der Waals surface area contributed by atoms with Crippen LogP contribution in [0.15, 0.2) is 90.0 Å². The van der Waals surface area contributed by atoms with E-state index in [2.05, 4.69) is 10.5 Å². The molecule has 0 spiro atoms. The van der Waals surface area contributed by atoms with Gasteiger partial charge in [-0.2, -0.15) is 5.10 Å². The summed E-state index contributed by atoms with van der Waals surface area (Å²) in [5.41, 5.74) is 4.41. The zero-order valence-electron chi connectivity index (χ0n) is 18.2. The van der Waals surface area contributed by atoms with Gasteiger partial charge in [-0.25, -0.2) is 5.43 Å². The molecule has 0 fully saturated rings. The van der Waals surface area contributed by atoms with Gasteiger partial charge in [0.2, 0.25) is 0 Å². The van der Waals surface area contributed by atoms with Gasteiger partial charge >= 0.3 is 0 Å². The molecule has 6 nitrogen and oxygen atoms in total. The highest BCUT2D eigenvalue weighted by molar-refractivity contribution is 6.01. The van der Waals surface area contributed by atoms with E-state index in [1.54, 1.807) is 18.2 Å². The van der Waals surface area contributed by atoms with Crippen molar-refractivity contribution in [2.75, 3.05) is 6.61 Å². The number of aromatic hydroxyl groups is 1. The van der Waals surface area contributed by atoms with Crippen molar-refractivity contribution in [3.63, 3.8) is 0 Å². The van der Waals surface area contributed by atoms with Crippen LogP contribution in [0.4, 0.5) is 0 Å². The number of fused-ring (bicyclic) bond motifs is 1. The minimum absolute atomic E-state index is 0.0973. The third-order valence-electron chi connectivity index (χ3n) is 4.99. The molecule has 0 aromatic heterocycles. The van der Waals surface area contributed by atoms with E-state index in [-0.39, 0.29) is 11.3 Å². The number of phenols is 1. The second kappa shape index (κ2) is 10.3. The van der Waals surface area contributed by atoms with Crippen LogP contribution >= 0.6 is 0 Å². The Morgan fingerprint density at radius 1 is 0.909 bits per heavy atom. The van der Waals surface area contributed by atoms with Gasteiger partial charge in [-0.3, -0.25) is 4.79 Å². The van der Waals surface area contributed by atoms with E-state index >= 15 is 0 Å². The van der Waals surface area contributed by atoms with Crippen LogP contribution in [-0.2, 0) is 6.61 Å². The first-order valence-electron chi connectivity index (χ1n) is 10.6. The van der Waals surface area contributed by atoms with Crippen LogP contribution in [0.3, 0.4) is 0 Å². The van der Waals surface area contributed by atoms with Gasteiger partial charge in [0, 0.05) is 0 Å². The molecule has 4 rings (SSSR count). The number of nitrogens with zero attached hydrogens (tertiary/aromatic N) is 1. The van der Waals surface area contributed by atoms with E-state index < -0.39 is 5.91 Å². The van der Waals surface area contributed by atoms with Crippen molar-refractivity contribution in [1.82, 2.24) is 5.43 Å². The predicted octanol–water partition coefficient (Wildman–Crippen LogP) is 5.29. The topological polar surface area (TPSA) is 80.2 Å². The van der Waals surface area contributed by atoms with Crippen molar-refractivity contribution in [3.8, 4) is 17.2 Å². The number of hydrazone groups is 1. The number of hydrogen-bond donors (Lipinski definition) is 2. The highest BCUT2D eigenvalue weighted by Crippen LogP contribution is 2.29. The molecule has 0 saturated heterocycles. The Morgan fingerprint density at radius 3 is 2.39 bits per heavy atom. The monoisotopic (exact) mass is 440 g/mol. The molecule has 0 aliphatic carbocycles. The number of carbonyl (C=O) groups is 1. The maximum atomic E-state index is 12.5. The van der Waals surface area contributed by atoms with Crippen molar-refractivity contribution in [1.29, 1.82) is 0 Å². The minimum atomic E-state index is -0.498. The van der Waals surface area contributed by atoms with Crippen LogP contribution in [-0.4, -0.2) is 23.8 Å². The molecule has 6 heteroatoms. The molecule has 0 aliphatic heterocycles. The average molecular weight is 440 g/mol. The van der Waals surface area contributed by atoms with Crippen molar-refractivity contribution >= 4 is 22.9 Å². The van der Waals surface area contributed by atoms with Crippen LogP contribution in [0, 0.1) is 0 Å². The fourth-order valence-corrected chi connectivity index (χ4v) is 3.36. The lowest BCUT2D eigenvalue weighted by Gasteiger charge is -2.12. The summed E-state index contributed by atoms with van der Waals surface area (Å²) in [4.78, 5) is 12.5. The Morgan fingerprint density at radius 2 is 1.64 bits per heavy atom. The molecule has 0 atom stereocenters. The van der Waals surface area contributed by atoms with E-state index in [1.807, 2.05) is 73.7 Å². The van der Waals surface area contributed by atoms with E-state index in [4.69, 9.17) is 9.47 Å². The zero-order valence-corrected chi connectivity index (χ0v) is 18.2. The van der Waals surface area contributed by atoms with Crippen LogP contribution < -0.4 is 14.9 Å². The summed E-state index contributed by atoms with van der Waals surface area (Å²) >= 11 is 0. The van der Waals surface area contributed by atoms with Gasteiger partial charge in [0.1, 0.15) is 12.4 Å². The summed E-state index contributed by atoms with van der Waals surface area (Å²) in [5.74, 6) is 0.626. The lowest BCUT2D eigenvalue weighted by atomic mass is 10.1. The van der Waals surface area contributed by atoms with Crippen LogP contribution in [0.1, 0.15) is 28.4 Å². The molecule has 0 unspecified atom stereocenters. The summed E-state index contributed by atoms with van der Waals surface area (Å²) in [7, 11) is 0. The normalized spacial score (nSPS) is 10.9. The number of ether oxygens (including phenoxy) is 2. The van der Waals surface area contributed by atoms with Crippen LogP contribution in [0.25, 0.3) is 10.8 Å². The first kappa shape index (κ1) is 21.9. The fraction of sp³-hybridized carbons (Fsp3) is 0.111. The summed E-state index contributed by atoms with van der Waals surface area (Å²) in [6.45, 7) is 2.82. The number of nitrogens with one attached hydrogen (secondary N) is 1. The highest BCUT2D eigenvalue weighted by Gasteiger charge is 2.12. The number of amides is 1. The lowest BCUT2D eigenvalue weighted by molar-refractivity contribution is 0.0952. The molecule has 0 bridgehead atoms. The third-order valence-corrected chi connectivity index (χ3v) is 4.99. The Balaban J connectivity index is 1.44. The first-order chi connectivity index (χ1) is 16.1. The van der Waals surface area contributed by atoms with Crippen LogP contribution in [0.5, 0.6) is 17.2 Å². The van der Waals surface area contributed by atoms with Crippen molar-refractivity contribution in [2.45, 2.75) is 13.5 Å². The molecule has 1 amide bonds. The molecule has 0 aliphatic rings. The van der Waals surface area contributed by atoms with Crippen molar-refractivity contribution in [3.05, 3.63) is 102 Å². The molecule has 0 radical (unpaired) electrons. The lowest BCUT2D eigenvalue weighted by Crippen LogP contribution is -2.17. The molecule has 166 valence electrons. The molecular formula is C27H24N2O4. The molecule has 2 N–H and O–H groups in total. The quantitative estimate of drug-likeness (QED) is 0.288. The van der Waals surface area contributed by atoms with Gasteiger partial charge in [0.15, 0.2) is 11.5 Å². The second-order valence-corrected chi connectivity index (χ2v) is 7.33. The first-order valence-corrected chi connectivity index (χ1v) is 10.6. The number of hydrogen-bond acceptors (Lipinski definition) is 5. The van der Waals surface area contributed by atoms with Gasteiger partial charge in [-0.1, -0.05) is 54.6 Å². The largest absolute Gasteiger partial charge is 0.507 e. The molecule has 4 aromatic carbocycles. The smallest absolute Gasteiger partial charge is 0.275 e. The number of phenolic OH excluding ortho intramolecular Hbond substituents is 1. The van der Waals surface area contributed by atoms with Gasteiger partial charge in [0.05, 0.1) is 18.4 Å². The Kier molecular flexibility index (Phi) is 6.85. The van der Waals surface area contributed by atoms with Gasteiger partial charge < -0.3 is 14.6 Å². The standard InChI is InChI=1S/C27H24N2O4/c1-2-32-26-14-20(12-13-25(26)33-18-19-8-4-3-5-9-19)17-28-29-27(31)23-15-21-10-6-7-11-22(21)16-24(23)30/h3-17,30H,2,18H2,1H3,(H,29,31)/b28-17-. The summed E-state index contributed by atoms with van der Waals surface area (Å²) in [6.07, 6.45) is 1.51. The Bertz CT molecular complexity index is 1290. The van der Waals surface area contributed by atoms with Gasteiger partial charge in [-0.15, -0.1) is 0 Å². The highest BCUT2D eigenvalue weighted by atomic mass is 16.5. The minimum Gasteiger partial charge on any atom is -0.507 e. The summed E-state index contributed by atoms with van der Waals surface area (Å²) in [6, 6.07) is 26.0. The van der Waals surface area contributed by atoms with Gasteiger partial charge in [-0.05, 0) is 59.2 Å². The summed E-state index contributed by atoms with van der Waals surface area (Å²) < 4.78 is 11.6. The molecule has 33 heavy (non-hydrogen) atoms. The number of rotatable bonds is 8. The second-order valence-electron chi connectivity index (χ2n) is 7.33. The van der Waals surface area contributed by atoms with Crippen molar-refractivity contribution < 1.29 is 19.4 Å². The van der Waals surface area contributed by atoms with Crippen LogP contribution in [0.2, 0.25) is 0 Å². The third kappa shape index (κ3) is 5.49. The average Bonchev–Trinajstić information content (AvgIpc) is 2.84. The van der Waals surface area contributed by atoms with E-state index in [9.17, 15) is 9.90 Å². The Hall–Kier alpha value is -4.32. The maximum Gasteiger partial charge on any atom is 0.275 e. The zero-order chi connectivity index (χ0) is 23.0. The molecule has 0 saturated carbocycles. The summed E-state index contributed by atoms with van der Waals surface area (Å²) in [5, 5.41) is 16.0.